The zero-order valence-electron chi connectivity index (χ0n) is 21.1. The third-order valence-corrected chi connectivity index (χ3v) is 6.34. The van der Waals surface area contributed by atoms with Crippen LogP contribution in [0.1, 0.15) is 52.0 Å². The van der Waals surface area contributed by atoms with E-state index in [4.69, 9.17) is 13.6 Å². The molecule has 1 N–H and O–H groups in total. The quantitative estimate of drug-likeness (QED) is 0.254. The molecule has 7 nitrogen and oxygen atoms in total. The van der Waals surface area contributed by atoms with Crippen LogP contribution >= 0.6 is 0 Å². The second kappa shape index (κ2) is 11.4. The summed E-state index contributed by atoms with van der Waals surface area (Å²) in [4.78, 5) is 28.0. The van der Waals surface area contributed by atoms with Crippen LogP contribution < -0.4 is 16.0 Å². The molecule has 0 saturated heterocycles. The lowest BCUT2D eigenvalue weighted by Gasteiger charge is -2.23. The Bertz CT molecular complexity index is 1460. The third kappa shape index (κ3) is 5.31. The Kier molecular flexibility index (Phi) is 8.10. The Morgan fingerprint density at radius 3 is 2.33 bits per heavy atom. The van der Waals surface area contributed by atoms with E-state index >= 15 is 0 Å². The second-order valence-corrected chi connectivity index (χ2v) is 8.96. The van der Waals surface area contributed by atoms with Gasteiger partial charge in [-0.25, -0.2) is 9.59 Å². The minimum absolute atomic E-state index is 0.0627. The van der Waals surface area contributed by atoms with Crippen molar-refractivity contribution in [3.63, 3.8) is 0 Å². The van der Waals surface area contributed by atoms with Crippen molar-refractivity contribution in [2.75, 3.05) is 19.7 Å². The number of benzene rings is 2. The largest absolute Gasteiger partial charge is 0.507 e. The highest BCUT2D eigenvalue weighted by Crippen LogP contribution is 2.34. The predicted octanol–water partition coefficient (Wildman–Crippen LogP) is 6.07. The molecule has 0 fully saturated rings. The molecule has 2 heterocycles. The molecule has 0 atom stereocenters. The van der Waals surface area contributed by atoms with E-state index in [9.17, 15) is 14.7 Å². The first-order valence-corrected chi connectivity index (χ1v) is 12.7. The number of unbranched alkanes of at least 4 members (excludes halogenated alkanes) is 2. The van der Waals surface area contributed by atoms with E-state index in [-0.39, 0.29) is 16.9 Å². The summed E-state index contributed by atoms with van der Waals surface area (Å²) in [6.07, 6.45) is 4.19. The van der Waals surface area contributed by atoms with E-state index < -0.39 is 11.3 Å². The molecule has 0 unspecified atom stereocenters. The SMILES string of the molecule is CCCCN(CCCC)Cc1c(O)ccc2c(-c3cc4cccc(OCC)c4oc3=O)cc(=O)oc12. The van der Waals surface area contributed by atoms with Gasteiger partial charge in [-0.05, 0) is 57.1 Å². The van der Waals surface area contributed by atoms with Gasteiger partial charge in [0.05, 0.1) is 17.7 Å². The summed E-state index contributed by atoms with van der Waals surface area (Å²) >= 11 is 0. The topological polar surface area (TPSA) is 93.1 Å². The molecule has 190 valence electrons. The van der Waals surface area contributed by atoms with Crippen molar-refractivity contribution in [2.45, 2.75) is 53.0 Å². The van der Waals surface area contributed by atoms with Crippen LogP contribution in [0.25, 0.3) is 33.1 Å². The van der Waals surface area contributed by atoms with E-state index in [2.05, 4.69) is 18.7 Å². The summed E-state index contributed by atoms with van der Waals surface area (Å²) in [5.41, 5.74) is 0.680. The predicted molar refractivity (Wildman–Crippen MR) is 142 cm³/mol. The number of fused-ring (bicyclic) bond motifs is 2. The average molecular weight is 492 g/mol. The van der Waals surface area contributed by atoms with Gasteiger partial charge >= 0.3 is 11.3 Å². The number of hydrogen-bond donors (Lipinski definition) is 1. The van der Waals surface area contributed by atoms with Gasteiger partial charge in [-0.1, -0.05) is 38.8 Å². The molecule has 0 aliphatic heterocycles. The molecular formula is C29H33NO6. The highest BCUT2D eigenvalue weighted by atomic mass is 16.5. The first kappa shape index (κ1) is 25.5. The highest BCUT2D eigenvalue weighted by molar-refractivity contribution is 5.97. The summed E-state index contributed by atoms with van der Waals surface area (Å²) in [5.74, 6) is 0.551. The number of hydrogen-bond acceptors (Lipinski definition) is 7. The van der Waals surface area contributed by atoms with E-state index in [0.717, 1.165) is 38.8 Å². The minimum atomic E-state index is -0.597. The van der Waals surface area contributed by atoms with E-state index in [0.29, 0.717) is 46.4 Å². The lowest BCUT2D eigenvalue weighted by molar-refractivity contribution is 0.253. The number of phenolic OH excluding ortho intramolecular Hbond substituents is 1. The fraction of sp³-hybridized carbons (Fsp3) is 0.379. The Morgan fingerprint density at radius 2 is 1.64 bits per heavy atom. The molecule has 0 spiro atoms. The number of nitrogens with zero attached hydrogens (tertiary/aromatic N) is 1. The fourth-order valence-corrected chi connectivity index (χ4v) is 4.48. The van der Waals surface area contributed by atoms with Crippen molar-refractivity contribution < 1.29 is 18.7 Å². The Labute approximate surface area is 209 Å². The number of rotatable bonds is 11. The monoisotopic (exact) mass is 491 g/mol. The first-order valence-electron chi connectivity index (χ1n) is 12.7. The number of ether oxygens (including phenoxy) is 1. The van der Waals surface area contributed by atoms with Gasteiger partial charge in [-0.3, -0.25) is 4.90 Å². The molecule has 4 rings (SSSR count). The van der Waals surface area contributed by atoms with Crippen LogP contribution in [0.4, 0.5) is 0 Å². The maximum atomic E-state index is 13.1. The summed E-state index contributed by atoms with van der Waals surface area (Å²) in [6, 6.07) is 11.7. The summed E-state index contributed by atoms with van der Waals surface area (Å²) in [7, 11) is 0. The molecule has 0 bridgehead atoms. The Hall–Kier alpha value is -3.58. The molecule has 0 aliphatic carbocycles. The molecule has 2 aromatic heterocycles. The van der Waals surface area contributed by atoms with Crippen molar-refractivity contribution in [3.05, 3.63) is 68.9 Å². The van der Waals surface area contributed by atoms with Crippen molar-refractivity contribution in [3.8, 4) is 22.6 Å². The average Bonchev–Trinajstić information content (AvgIpc) is 2.87. The van der Waals surface area contributed by atoms with Crippen molar-refractivity contribution in [1.29, 1.82) is 0 Å². The normalized spacial score (nSPS) is 11.6. The van der Waals surface area contributed by atoms with Crippen LogP contribution in [0, 0.1) is 0 Å². The smallest absolute Gasteiger partial charge is 0.344 e. The zero-order valence-corrected chi connectivity index (χ0v) is 21.1. The first-order chi connectivity index (χ1) is 17.5. The van der Waals surface area contributed by atoms with Crippen LogP contribution in [0.15, 0.2) is 60.9 Å². The molecule has 0 radical (unpaired) electrons. The molecule has 36 heavy (non-hydrogen) atoms. The standard InChI is InChI=1S/C29H33NO6/c1-4-7-14-30(15-8-5-2)18-23-24(31)13-12-20-21(17-26(32)35-28(20)23)22-16-19-10-9-11-25(34-6-3)27(19)36-29(22)33/h9-13,16-17,31H,4-8,14-15,18H2,1-3H3. The Balaban J connectivity index is 1.87. The van der Waals surface area contributed by atoms with Gasteiger partial charge in [0.2, 0.25) is 0 Å². The summed E-state index contributed by atoms with van der Waals surface area (Å²) in [6.45, 7) is 8.80. The highest BCUT2D eigenvalue weighted by Gasteiger charge is 2.20. The summed E-state index contributed by atoms with van der Waals surface area (Å²) in [5, 5.41) is 12.0. The van der Waals surface area contributed by atoms with Crippen LogP contribution in [0.5, 0.6) is 11.5 Å². The third-order valence-electron chi connectivity index (χ3n) is 6.34. The number of aromatic hydroxyl groups is 1. The minimum Gasteiger partial charge on any atom is -0.507 e. The molecular weight excluding hydrogens is 458 g/mol. The van der Waals surface area contributed by atoms with Gasteiger partial charge in [-0.15, -0.1) is 0 Å². The second-order valence-electron chi connectivity index (χ2n) is 8.96. The van der Waals surface area contributed by atoms with E-state index in [1.165, 1.54) is 6.07 Å². The van der Waals surface area contributed by atoms with Gasteiger partial charge in [0.25, 0.3) is 0 Å². The van der Waals surface area contributed by atoms with Crippen molar-refractivity contribution in [2.24, 2.45) is 0 Å². The van der Waals surface area contributed by atoms with Crippen molar-refractivity contribution in [1.82, 2.24) is 4.90 Å². The fourth-order valence-electron chi connectivity index (χ4n) is 4.48. The molecule has 0 aliphatic rings. The van der Waals surface area contributed by atoms with E-state index in [1.807, 2.05) is 19.1 Å². The lowest BCUT2D eigenvalue weighted by atomic mass is 9.99. The van der Waals surface area contributed by atoms with Gasteiger partial charge in [-0.2, -0.15) is 0 Å². The van der Waals surface area contributed by atoms with Gasteiger partial charge in [0, 0.05) is 28.9 Å². The molecule has 4 aromatic rings. The zero-order chi connectivity index (χ0) is 25.7. The van der Waals surface area contributed by atoms with Gasteiger partial charge in [0.15, 0.2) is 11.3 Å². The van der Waals surface area contributed by atoms with E-state index in [1.54, 1.807) is 24.3 Å². The van der Waals surface area contributed by atoms with Crippen LogP contribution in [0.2, 0.25) is 0 Å². The maximum Gasteiger partial charge on any atom is 0.344 e. The Morgan fingerprint density at radius 1 is 0.889 bits per heavy atom. The van der Waals surface area contributed by atoms with Gasteiger partial charge in [0.1, 0.15) is 11.3 Å². The number of phenols is 1. The molecule has 0 amide bonds. The number of para-hydroxylation sites is 1. The molecule has 2 aromatic carbocycles. The van der Waals surface area contributed by atoms with Crippen LogP contribution in [-0.4, -0.2) is 29.7 Å². The molecule has 7 heteroatoms. The lowest BCUT2D eigenvalue weighted by Crippen LogP contribution is -2.26. The maximum absolute atomic E-state index is 13.1. The molecule has 0 saturated carbocycles. The van der Waals surface area contributed by atoms with Crippen LogP contribution in [-0.2, 0) is 6.54 Å². The van der Waals surface area contributed by atoms with Crippen molar-refractivity contribution >= 4 is 21.9 Å². The van der Waals surface area contributed by atoms with Gasteiger partial charge < -0.3 is 18.7 Å². The summed E-state index contributed by atoms with van der Waals surface area (Å²) < 4.78 is 16.9. The van der Waals surface area contributed by atoms with Crippen LogP contribution in [0.3, 0.4) is 0 Å².